The van der Waals surface area contributed by atoms with Crippen LogP contribution in [-0.4, -0.2) is 28.5 Å². The number of hydrogen-bond acceptors (Lipinski definition) is 4. The molecular weight excluding hydrogens is 344 g/mol. The highest BCUT2D eigenvalue weighted by molar-refractivity contribution is 7.14. The molecule has 1 amide bonds. The van der Waals surface area contributed by atoms with E-state index in [1.54, 1.807) is 17.5 Å². The number of fused-ring (bicyclic) bond motifs is 1. The van der Waals surface area contributed by atoms with Crippen molar-refractivity contribution >= 4 is 28.3 Å². The van der Waals surface area contributed by atoms with Crippen molar-refractivity contribution in [1.29, 1.82) is 0 Å². The molecule has 136 valence electrons. The second kappa shape index (κ2) is 7.60. The zero-order chi connectivity index (χ0) is 17.9. The molecule has 3 heterocycles. The maximum absolute atomic E-state index is 12.7. The normalized spacial score (nSPS) is 16.7. The fourth-order valence-electron chi connectivity index (χ4n) is 3.91. The number of thiophene rings is 1. The molecule has 1 atom stereocenters. The highest BCUT2D eigenvalue weighted by Crippen LogP contribution is 2.33. The Bertz CT molecular complexity index is 894. The number of aromatic amines is 1. The molecule has 0 aliphatic heterocycles. The monoisotopic (exact) mass is 368 g/mol. The fraction of sp³-hybridized carbons (Fsp3) is 0.400. The van der Waals surface area contributed by atoms with Gasteiger partial charge in [-0.05, 0) is 37.0 Å². The first-order chi connectivity index (χ1) is 12.8. The first-order valence-electron chi connectivity index (χ1n) is 9.28. The number of carbonyl (C=O) groups excluding carboxylic acids is 1. The maximum Gasteiger partial charge on any atom is 0.252 e. The van der Waals surface area contributed by atoms with Crippen LogP contribution in [0.25, 0.3) is 21.5 Å². The molecular formula is C20H24N4OS. The number of hydrogen-bond donors (Lipinski definition) is 3. The van der Waals surface area contributed by atoms with Gasteiger partial charge in [0.25, 0.3) is 5.91 Å². The number of nitrogens with two attached hydrogens (primary N) is 1. The zero-order valence-electron chi connectivity index (χ0n) is 14.7. The predicted octanol–water partition coefficient (Wildman–Crippen LogP) is 3.93. The highest BCUT2D eigenvalue weighted by Gasteiger charge is 2.24. The summed E-state index contributed by atoms with van der Waals surface area (Å²) in [5.41, 5.74) is 8.60. The van der Waals surface area contributed by atoms with Gasteiger partial charge in [0, 0.05) is 46.2 Å². The summed E-state index contributed by atoms with van der Waals surface area (Å²) in [7, 11) is 0. The highest BCUT2D eigenvalue weighted by atomic mass is 32.1. The number of aromatic nitrogens is 2. The number of pyridine rings is 1. The molecule has 1 aliphatic carbocycles. The van der Waals surface area contributed by atoms with E-state index in [4.69, 9.17) is 5.73 Å². The van der Waals surface area contributed by atoms with Crippen molar-refractivity contribution in [2.45, 2.75) is 38.1 Å². The lowest BCUT2D eigenvalue weighted by Gasteiger charge is -2.30. The predicted molar refractivity (Wildman–Crippen MR) is 106 cm³/mol. The molecule has 0 aromatic carbocycles. The summed E-state index contributed by atoms with van der Waals surface area (Å²) in [4.78, 5) is 21.3. The summed E-state index contributed by atoms with van der Waals surface area (Å²) in [5.74, 6) is 0.488. The Morgan fingerprint density at radius 3 is 3.04 bits per heavy atom. The first kappa shape index (κ1) is 17.2. The summed E-state index contributed by atoms with van der Waals surface area (Å²) in [5, 5.41) is 6.17. The van der Waals surface area contributed by atoms with Crippen LogP contribution < -0.4 is 11.1 Å². The van der Waals surface area contributed by atoms with E-state index in [0.717, 1.165) is 21.5 Å². The molecule has 1 unspecified atom stereocenters. The summed E-state index contributed by atoms with van der Waals surface area (Å²) < 4.78 is 0. The first-order valence-corrected chi connectivity index (χ1v) is 10.2. The molecule has 0 radical (unpaired) electrons. The Morgan fingerprint density at radius 1 is 1.38 bits per heavy atom. The van der Waals surface area contributed by atoms with E-state index < -0.39 is 0 Å². The second-order valence-electron chi connectivity index (χ2n) is 7.02. The Balaban J connectivity index is 1.51. The molecule has 1 saturated carbocycles. The summed E-state index contributed by atoms with van der Waals surface area (Å²) in [6, 6.07) is 6.01. The minimum atomic E-state index is -0.0218. The molecule has 5 nitrogen and oxygen atoms in total. The van der Waals surface area contributed by atoms with Gasteiger partial charge in [0.15, 0.2) is 0 Å². The molecule has 4 rings (SSSR count). The van der Waals surface area contributed by atoms with Crippen LogP contribution in [0.5, 0.6) is 0 Å². The second-order valence-corrected chi connectivity index (χ2v) is 7.93. The van der Waals surface area contributed by atoms with E-state index in [1.807, 2.05) is 29.8 Å². The van der Waals surface area contributed by atoms with Crippen LogP contribution in [0.3, 0.4) is 0 Å². The van der Waals surface area contributed by atoms with E-state index in [0.29, 0.717) is 18.0 Å². The van der Waals surface area contributed by atoms with Gasteiger partial charge in [-0.2, -0.15) is 0 Å². The van der Waals surface area contributed by atoms with Gasteiger partial charge < -0.3 is 16.0 Å². The third-order valence-electron chi connectivity index (χ3n) is 5.37. The van der Waals surface area contributed by atoms with Gasteiger partial charge in [0.1, 0.15) is 5.65 Å². The molecule has 1 fully saturated rings. The lowest BCUT2D eigenvalue weighted by molar-refractivity contribution is 0.0916. The Morgan fingerprint density at radius 2 is 2.23 bits per heavy atom. The van der Waals surface area contributed by atoms with Crippen LogP contribution in [0.4, 0.5) is 0 Å². The smallest absolute Gasteiger partial charge is 0.252 e. The van der Waals surface area contributed by atoms with E-state index >= 15 is 0 Å². The largest absolute Gasteiger partial charge is 0.348 e. The van der Waals surface area contributed by atoms with Crippen molar-refractivity contribution < 1.29 is 4.79 Å². The van der Waals surface area contributed by atoms with Crippen molar-refractivity contribution in [3.8, 4) is 10.4 Å². The number of rotatable bonds is 5. The fourth-order valence-corrected chi connectivity index (χ4v) is 4.83. The third kappa shape index (κ3) is 3.39. The lowest BCUT2D eigenvalue weighted by atomic mass is 9.84. The van der Waals surface area contributed by atoms with Gasteiger partial charge in [-0.15, -0.1) is 11.3 Å². The van der Waals surface area contributed by atoms with Crippen molar-refractivity contribution in [3.05, 3.63) is 41.5 Å². The van der Waals surface area contributed by atoms with Gasteiger partial charge in [-0.1, -0.05) is 19.3 Å². The molecule has 1 aliphatic rings. The van der Waals surface area contributed by atoms with Crippen LogP contribution in [-0.2, 0) is 0 Å². The van der Waals surface area contributed by atoms with Gasteiger partial charge in [-0.25, -0.2) is 4.98 Å². The SMILES string of the molecule is NCC(NC(=O)c1csc(-c2c[nH]c3ncccc23)c1)C1CCCCC1. The number of amides is 1. The van der Waals surface area contributed by atoms with Crippen molar-refractivity contribution in [2.24, 2.45) is 11.7 Å². The van der Waals surface area contributed by atoms with Gasteiger partial charge in [0.05, 0.1) is 5.56 Å². The van der Waals surface area contributed by atoms with E-state index in [-0.39, 0.29) is 11.9 Å². The average molecular weight is 369 g/mol. The Kier molecular flexibility index (Phi) is 5.04. The molecule has 4 N–H and O–H groups in total. The Labute approximate surface area is 157 Å². The summed E-state index contributed by atoms with van der Waals surface area (Å²) in [6.07, 6.45) is 9.85. The quantitative estimate of drug-likeness (QED) is 0.638. The summed E-state index contributed by atoms with van der Waals surface area (Å²) >= 11 is 1.58. The molecule has 0 saturated heterocycles. The lowest BCUT2D eigenvalue weighted by Crippen LogP contribution is -2.45. The van der Waals surface area contributed by atoms with Crippen LogP contribution in [0.1, 0.15) is 42.5 Å². The topological polar surface area (TPSA) is 83.8 Å². The van der Waals surface area contributed by atoms with Crippen LogP contribution in [0, 0.1) is 5.92 Å². The van der Waals surface area contributed by atoms with Crippen LogP contribution >= 0.6 is 11.3 Å². The van der Waals surface area contributed by atoms with E-state index in [2.05, 4.69) is 15.3 Å². The molecule has 3 aromatic heterocycles. The minimum Gasteiger partial charge on any atom is -0.348 e. The van der Waals surface area contributed by atoms with Crippen LogP contribution in [0.15, 0.2) is 36.0 Å². The van der Waals surface area contributed by atoms with Gasteiger partial charge in [-0.3, -0.25) is 4.79 Å². The molecule has 3 aromatic rings. The average Bonchev–Trinajstić information content (AvgIpc) is 3.33. The van der Waals surface area contributed by atoms with Crippen LogP contribution in [0.2, 0.25) is 0 Å². The molecule has 0 bridgehead atoms. The molecule has 26 heavy (non-hydrogen) atoms. The standard InChI is InChI=1S/C20H24N4OS/c21-10-17(13-5-2-1-3-6-13)24-20(25)14-9-18(26-12-14)16-11-23-19-15(16)7-4-8-22-19/h4,7-9,11-13,17H,1-3,5-6,10,21H2,(H,22,23)(H,24,25). The van der Waals surface area contributed by atoms with Gasteiger partial charge >= 0.3 is 0 Å². The van der Waals surface area contributed by atoms with Crippen molar-refractivity contribution in [2.75, 3.05) is 6.54 Å². The maximum atomic E-state index is 12.7. The third-order valence-corrected chi connectivity index (χ3v) is 6.33. The number of nitrogens with one attached hydrogen (secondary N) is 2. The van der Waals surface area contributed by atoms with Crippen molar-refractivity contribution in [3.63, 3.8) is 0 Å². The number of H-pyrrole nitrogens is 1. The van der Waals surface area contributed by atoms with E-state index in [1.165, 1.54) is 32.1 Å². The summed E-state index contributed by atoms with van der Waals surface area (Å²) in [6.45, 7) is 0.502. The van der Waals surface area contributed by atoms with E-state index in [9.17, 15) is 4.79 Å². The number of nitrogens with zero attached hydrogens (tertiary/aromatic N) is 1. The zero-order valence-corrected chi connectivity index (χ0v) is 15.5. The van der Waals surface area contributed by atoms with Gasteiger partial charge in [0.2, 0.25) is 0 Å². The molecule has 0 spiro atoms. The molecule has 6 heteroatoms. The minimum absolute atomic E-state index is 0.0218. The number of carbonyl (C=O) groups is 1. The Hall–Kier alpha value is -2.18. The van der Waals surface area contributed by atoms with Crippen molar-refractivity contribution in [1.82, 2.24) is 15.3 Å².